The van der Waals surface area contributed by atoms with Gasteiger partial charge in [0.2, 0.25) is 0 Å². The average molecular weight is 193 g/mol. The standard InChI is InChI=1S/C11H19N3/c1-10-9-12-7-5-11(10)13-6-4-8-14(2)3/h5,7,9H,4,6,8H2,1-3H3,(H,12,13). The van der Waals surface area contributed by atoms with E-state index in [0.29, 0.717) is 0 Å². The van der Waals surface area contributed by atoms with Crippen LogP contribution in [0.2, 0.25) is 0 Å². The molecule has 0 fully saturated rings. The van der Waals surface area contributed by atoms with Gasteiger partial charge < -0.3 is 10.2 Å². The third-order valence-electron chi connectivity index (χ3n) is 2.12. The normalized spacial score (nSPS) is 10.6. The van der Waals surface area contributed by atoms with Crippen LogP contribution in [0, 0.1) is 6.92 Å². The van der Waals surface area contributed by atoms with Gasteiger partial charge in [-0.25, -0.2) is 0 Å². The highest BCUT2D eigenvalue weighted by Crippen LogP contribution is 2.10. The van der Waals surface area contributed by atoms with Crippen molar-refractivity contribution in [2.75, 3.05) is 32.5 Å². The molecule has 0 saturated heterocycles. The zero-order chi connectivity index (χ0) is 10.4. The summed E-state index contributed by atoms with van der Waals surface area (Å²) in [6, 6.07) is 2.02. The van der Waals surface area contributed by atoms with E-state index in [1.54, 1.807) is 0 Å². The number of anilines is 1. The van der Waals surface area contributed by atoms with E-state index in [2.05, 4.69) is 36.2 Å². The van der Waals surface area contributed by atoms with Crippen LogP contribution in [-0.4, -0.2) is 37.1 Å². The highest BCUT2D eigenvalue weighted by Gasteiger charge is 1.95. The number of aryl methyl sites for hydroxylation is 1. The second kappa shape index (κ2) is 5.60. The van der Waals surface area contributed by atoms with Gasteiger partial charge in [0.25, 0.3) is 0 Å². The van der Waals surface area contributed by atoms with Gasteiger partial charge in [0, 0.05) is 24.6 Å². The van der Waals surface area contributed by atoms with Gasteiger partial charge in [-0.1, -0.05) is 0 Å². The van der Waals surface area contributed by atoms with Crippen molar-refractivity contribution < 1.29 is 0 Å². The van der Waals surface area contributed by atoms with E-state index in [4.69, 9.17) is 0 Å². The maximum atomic E-state index is 4.05. The predicted octanol–water partition coefficient (Wildman–Crippen LogP) is 1.75. The van der Waals surface area contributed by atoms with E-state index in [1.807, 2.05) is 18.5 Å². The molecule has 1 rings (SSSR count). The minimum absolute atomic E-state index is 1.02. The second-order valence-electron chi connectivity index (χ2n) is 3.77. The van der Waals surface area contributed by atoms with Crippen LogP contribution in [0.25, 0.3) is 0 Å². The molecule has 0 aromatic carbocycles. The van der Waals surface area contributed by atoms with Gasteiger partial charge in [-0.15, -0.1) is 0 Å². The lowest BCUT2D eigenvalue weighted by atomic mass is 10.2. The molecule has 1 heterocycles. The zero-order valence-electron chi connectivity index (χ0n) is 9.25. The SMILES string of the molecule is Cc1cnccc1NCCCN(C)C. The summed E-state index contributed by atoms with van der Waals surface area (Å²) in [5.74, 6) is 0. The Balaban J connectivity index is 2.28. The lowest BCUT2D eigenvalue weighted by Crippen LogP contribution is -2.16. The molecule has 0 radical (unpaired) electrons. The molecule has 1 N–H and O–H groups in total. The summed E-state index contributed by atoms with van der Waals surface area (Å²) in [6.45, 7) is 4.21. The minimum atomic E-state index is 1.02. The fraction of sp³-hybridized carbons (Fsp3) is 0.545. The monoisotopic (exact) mass is 193 g/mol. The number of nitrogens with zero attached hydrogens (tertiary/aromatic N) is 2. The molecule has 0 bridgehead atoms. The largest absolute Gasteiger partial charge is 0.385 e. The fourth-order valence-electron chi connectivity index (χ4n) is 1.29. The third-order valence-corrected chi connectivity index (χ3v) is 2.12. The van der Waals surface area contributed by atoms with Crippen molar-refractivity contribution in [2.45, 2.75) is 13.3 Å². The zero-order valence-corrected chi connectivity index (χ0v) is 9.25. The molecule has 0 aliphatic rings. The summed E-state index contributed by atoms with van der Waals surface area (Å²) in [6.07, 6.45) is 4.87. The fourth-order valence-corrected chi connectivity index (χ4v) is 1.29. The summed E-state index contributed by atoms with van der Waals surface area (Å²) >= 11 is 0. The summed E-state index contributed by atoms with van der Waals surface area (Å²) in [7, 11) is 4.19. The van der Waals surface area contributed by atoms with Crippen LogP contribution in [0.3, 0.4) is 0 Å². The summed E-state index contributed by atoms with van der Waals surface area (Å²) in [5.41, 5.74) is 2.40. The van der Waals surface area contributed by atoms with Gasteiger partial charge >= 0.3 is 0 Å². The number of nitrogens with one attached hydrogen (secondary N) is 1. The minimum Gasteiger partial charge on any atom is -0.385 e. The molecular weight excluding hydrogens is 174 g/mol. The van der Waals surface area contributed by atoms with Crippen LogP contribution in [0.1, 0.15) is 12.0 Å². The molecule has 0 saturated carbocycles. The molecule has 0 spiro atoms. The van der Waals surface area contributed by atoms with E-state index in [-0.39, 0.29) is 0 Å². The molecule has 1 aromatic heterocycles. The molecule has 0 atom stereocenters. The van der Waals surface area contributed by atoms with Crippen LogP contribution in [0.4, 0.5) is 5.69 Å². The van der Waals surface area contributed by atoms with Crippen molar-refractivity contribution in [3.05, 3.63) is 24.0 Å². The van der Waals surface area contributed by atoms with Crippen LogP contribution in [0.15, 0.2) is 18.5 Å². The molecule has 0 aliphatic heterocycles. The molecule has 0 aliphatic carbocycles. The molecule has 0 unspecified atom stereocenters. The maximum Gasteiger partial charge on any atom is 0.0400 e. The molecule has 3 heteroatoms. The third kappa shape index (κ3) is 3.75. The Bertz CT molecular complexity index is 271. The number of pyridine rings is 1. The summed E-state index contributed by atoms with van der Waals surface area (Å²) < 4.78 is 0. The second-order valence-corrected chi connectivity index (χ2v) is 3.77. The van der Waals surface area contributed by atoms with Crippen molar-refractivity contribution in [1.29, 1.82) is 0 Å². The van der Waals surface area contributed by atoms with Crippen LogP contribution >= 0.6 is 0 Å². The van der Waals surface area contributed by atoms with Gasteiger partial charge in [-0.2, -0.15) is 0 Å². The van der Waals surface area contributed by atoms with Gasteiger partial charge in [-0.05, 0) is 45.6 Å². The van der Waals surface area contributed by atoms with Crippen molar-refractivity contribution in [3.63, 3.8) is 0 Å². The van der Waals surface area contributed by atoms with Crippen LogP contribution < -0.4 is 5.32 Å². The summed E-state index contributed by atoms with van der Waals surface area (Å²) in [4.78, 5) is 6.25. The predicted molar refractivity (Wildman–Crippen MR) is 60.6 cm³/mol. The Hall–Kier alpha value is -1.09. The smallest absolute Gasteiger partial charge is 0.0400 e. The molecule has 14 heavy (non-hydrogen) atoms. The van der Waals surface area contributed by atoms with Gasteiger partial charge in [0.1, 0.15) is 0 Å². The van der Waals surface area contributed by atoms with Gasteiger partial charge in [0.05, 0.1) is 0 Å². The highest BCUT2D eigenvalue weighted by atomic mass is 15.1. The molecule has 3 nitrogen and oxygen atoms in total. The molecule has 78 valence electrons. The number of hydrogen-bond acceptors (Lipinski definition) is 3. The Kier molecular flexibility index (Phi) is 4.40. The molecule has 0 amide bonds. The first-order chi connectivity index (χ1) is 6.70. The Labute approximate surface area is 86.2 Å². The first-order valence-electron chi connectivity index (χ1n) is 4.99. The highest BCUT2D eigenvalue weighted by molar-refractivity contribution is 5.48. The first-order valence-corrected chi connectivity index (χ1v) is 4.99. The van der Waals surface area contributed by atoms with E-state index in [1.165, 1.54) is 11.3 Å². The van der Waals surface area contributed by atoms with E-state index < -0.39 is 0 Å². The molecular formula is C11H19N3. The van der Waals surface area contributed by atoms with E-state index in [0.717, 1.165) is 19.5 Å². The number of rotatable bonds is 5. The Morgan fingerprint density at radius 3 is 2.86 bits per heavy atom. The van der Waals surface area contributed by atoms with Crippen LogP contribution in [-0.2, 0) is 0 Å². The topological polar surface area (TPSA) is 28.2 Å². The average Bonchev–Trinajstić information content (AvgIpc) is 2.15. The van der Waals surface area contributed by atoms with Crippen molar-refractivity contribution in [3.8, 4) is 0 Å². The lowest BCUT2D eigenvalue weighted by Gasteiger charge is -2.11. The maximum absolute atomic E-state index is 4.05. The van der Waals surface area contributed by atoms with Crippen molar-refractivity contribution >= 4 is 5.69 Å². The van der Waals surface area contributed by atoms with E-state index in [9.17, 15) is 0 Å². The van der Waals surface area contributed by atoms with Crippen molar-refractivity contribution in [2.24, 2.45) is 0 Å². The lowest BCUT2D eigenvalue weighted by molar-refractivity contribution is 0.405. The summed E-state index contributed by atoms with van der Waals surface area (Å²) in [5, 5.41) is 3.40. The number of aromatic nitrogens is 1. The van der Waals surface area contributed by atoms with E-state index >= 15 is 0 Å². The first kappa shape index (κ1) is 11.0. The van der Waals surface area contributed by atoms with Gasteiger partial charge in [0.15, 0.2) is 0 Å². The van der Waals surface area contributed by atoms with Crippen molar-refractivity contribution in [1.82, 2.24) is 9.88 Å². The number of hydrogen-bond donors (Lipinski definition) is 1. The Morgan fingerprint density at radius 2 is 2.21 bits per heavy atom. The Morgan fingerprint density at radius 1 is 1.43 bits per heavy atom. The molecule has 1 aromatic rings. The van der Waals surface area contributed by atoms with Gasteiger partial charge in [-0.3, -0.25) is 4.98 Å². The van der Waals surface area contributed by atoms with Crippen LogP contribution in [0.5, 0.6) is 0 Å². The quantitative estimate of drug-likeness (QED) is 0.722.